The molecule has 2 N–H and O–H groups in total. The SMILES string of the molecule is COC(=O)N/C=C/CCC(C)c1cc(O)c(C(=O)/C(C)=C/c2ccc(CCC(C)C)s2)c(=O)o1. The number of allylic oxidation sites excluding steroid dienone is 2. The van der Waals surface area contributed by atoms with Gasteiger partial charge in [0.05, 0.1) is 7.11 Å². The summed E-state index contributed by atoms with van der Waals surface area (Å²) in [5.74, 6) is -0.208. The second kappa shape index (κ2) is 12.9. The predicted molar refractivity (Wildman–Crippen MR) is 134 cm³/mol. The maximum atomic E-state index is 12.9. The zero-order chi connectivity index (χ0) is 25.3. The molecule has 2 aromatic heterocycles. The van der Waals surface area contributed by atoms with Crippen molar-refractivity contribution in [3.05, 3.63) is 67.5 Å². The van der Waals surface area contributed by atoms with Gasteiger partial charge in [-0.1, -0.05) is 26.8 Å². The molecule has 1 atom stereocenters. The maximum Gasteiger partial charge on any atom is 0.410 e. The van der Waals surface area contributed by atoms with E-state index in [2.05, 4.69) is 30.0 Å². The molecule has 0 radical (unpaired) electrons. The van der Waals surface area contributed by atoms with Crippen LogP contribution in [0.5, 0.6) is 5.75 Å². The van der Waals surface area contributed by atoms with E-state index in [-0.39, 0.29) is 17.2 Å². The van der Waals surface area contributed by atoms with Crippen molar-refractivity contribution in [1.29, 1.82) is 0 Å². The monoisotopic (exact) mass is 487 g/mol. The number of carbonyl (C=O) groups excluding carboxylic acids is 2. The minimum absolute atomic E-state index is 0.183. The van der Waals surface area contributed by atoms with Crippen molar-refractivity contribution in [3.8, 4) is 5.75 Å². The lowest BCUT2D eigenvalue weighted by molar-refractivity contribution is 0.102. The summed E-state index contributed by atoms with van der Waals surface area (Å²) in [6.45, 7) is 7.84. The Morgan fingerprint density at radius 1 is 1.24 bits per heavy atom. The Kier molecular flexibility index (Phi) is 10.3. The first-order valence-electron chi connectivity index (χ1n) is 11.3. The third kappa shape index (κ3) is 8.02. The number of ether oxygens (including phenoxy) is 1. The summed E-state index contributed by atoms with van der Waals surface area (Å²) in [6.07, 6.45) is 7.68. The predicted octanol–water partition coefficient (Wildman–Crippen LogP) is 6.04. The Hall–Kier alpha value is -3.13. The largest absolute Gasteiger partial charge is 0.507 e. The molecule has 0 bridgehead atoms. The molecule has 0 aromatic carbocycles. The number of carbonyl (C=O) groups is 2. The van der Waals surface area contributed by atoms with Gasteiger partial charge < -0.3 is 14.3 Å². The van der Waals surface area contributed by atoms with Crippen molar-refractivity contribution in [2.75, 3.05) is 7.11 Å². The third-order valence-electron chi connectivity index (χ3n) is 5.30. The number of Topliss-reactive ketones (excluding diaryl/α,β-unsaturated/α-hetero) is 1. The molecule has 0 aliphatic heterocycles. The average molecular weight is 488 g/mol. The number of nitrogens with one attached hydrogen (secondary N) is 1. The topological polar surface area (TPSA) is 106 Å². The van der Waals surface area contributed by atoms with Crippen LogP contribution >= 0.6 is 11.3 Å². The highest BCUT2D eigenvalue weighted by atomic mass is 32.1. The fourth-order valence-electron chi connectivity index (χ4n) is 3.22. The van der Waals surface area contributed by atoms with E-state index in [1.807, 2.05) is 13.0 Å². The molecule has 0 saturated carbocycles. The molecule has 8 heteroatoms. The van der Waals surface area contributed by atoms with Crippen LogP contribution in [-0.4, -0.2) is 24.1 Å². The molecule has 2 rings (SSSR count). The number of ketones is 1. The summed E-state index contributed by atoms with van der Waals surface area (Å²) < 4.78 is 9.83. The van der Waals surface area contributed by atoms with Gasteiger partial charge in [0.15, 0.2) is 5.78 Å². The fraction of sp³-hybridized carbons (Fsp3) is 0.423. The molecule has 2 aromatic rings. The highest BCUT2D eigenvalue weighted by molar-refractivity contribution is 7.12. The van der Waals surface area contributed by atoms with E-state index < -0.39 is 17.5 Å². The molecular weight excluding hydrogens is 454 g/mol. The Morgan fingerprint density at radius 3 is 2.62 bits per heavy atom. The van der Waals surface area contributed by atoms with Crippen LogP contribution in [0.25, 0.3) is 6.08 Å². The van der Waals surface area contributed by atoms with Crippen molar-refractivity contribution in [2.45, 2.75) is 59.3 Å². The number of aromatic hydroxyl groups is 1. The summed E-state index contributed by atoms with van der Waals surface area (Å²) in [7, 11) is 1.28. The first-order valence-corrected chi connectivity index (χ1v) is 12.1. The van der Waals surface area contributed by atoms with Gasteiger partial charge in [-0.2, -0.15) is 0 Å². The van der Waals surface area contributed by atoms with Crippen molar-refractivity contribution in [1.82, 2.24) is 5.32 Å². The van der Waals surface area contributed by atoms with Gasteiger partial charge in [0, 0.05) is 27.9 Å². The summed E-state index contributed by atoms with van der Waals surface area (Å²) in [5, 5.41) is 12.9. The Morgan fingerprint density at radius 2 is 1.97 bits per heavy atom. The van der Waals surface area contributed by atoms with Crippen LogP contribution in [0.2, 0.25) is 0 Å². The average Bonchev–Trinajstić information content (AvgIpc) is 3.23. The molecule has 0 aliphatic rings. The Balaban J connectivity index is 2.08. The van der Waals surface area contributed by atoms with Gasteiger partial charge in [-0.05, 0) is 62.3 Å². The van der Waals surface area contributed by atoms with Gasteiger partial charge >= 0.3 is 11.7 Å². The van der Waals surface area contributed by atoms with E-state index >= 15 is 0 Å². The van der Waals surface area contributed by atoms with Gasteiger partial charge in [-0.25, -0.2) is 9.59 Å². The number of thiophene rings is 1. The third-order valence-corrected chi connectivity index (χ3v) is 6.39. The molecule has 0 fully saturated rings. The molecule has 2 heterocycles. The van der Waals surface area contributed by atoms with Crippen LogP contribution in [0.4, 0.5) is 4.79 Å². The number of hydrogen-bond donors (Lipinski definition) is 2. The quantitative estimate of drug-likeness (QED) is 0.296. The molecule has 1 amide bonds. The number of rotatable bonds is 11. The van der Waals surface area contributed by atoms with Crippen LogP contribution in [0.1, 0.15) is 78.7 Å². The van der Waals surface area contributed by atoms with Gasteiger partial charge in [0.25, 0.3) is 0 Å². The smallest absolute Gasteiger partial charge is 0.410 e. The van der Waals surface area contributed by atoms with Crippen molar-refractivity contribution in [2.24, 2.45) is 5.92 Å². The van der Waals surface area contributed by atoms with Crippen molar-refractivity contribution < 1.29 is 23.8 Å². The van der Waals surface area contributed by atoms with E-state index in [0.29, 0.717) is 30.1 Å². The van der Waals surface area contributed by atoms with Gasteiger partial charge in [-0.3, -0.25) is 10.1 Å². The molecule has 1 unspecified atom stereocenters. The van der Waals surface area contributed by atoms with E-state index in [1.54, 1.807) is 30.4 Å². The highest BCUT2D eigenvalue weighted by Crippen LogP contribution is 2.27. The minimum Gasteiger partial charge on any atom is -0.507 e. The standard InChI is InChI=1S/C26H33NO6S/c1-16(2)9-10-19-11-12-20(34-19)14-18(4)24(29)23-21(28)15-22(33-25(23)30)17(3)8-6-7-13-27-26(31)32-5/h7,11-17,28H,6,8-10H2,1-5H3,(H,27,31)/b13-7+,18-14+. The second-order valence-electron chi connectivity index (χ2n) is 8.61. The summed E-state index contributed by atoms with van der Waals surface area (Å²) >= 11 is 1.62. The number of alkyl carbamates (subject to hydrolysis) is 1. The molecular formula is C26H33NO6S. The molecule has 34 heavy (non-hydrogen) atoms. The number of aryl methyl sites for hydroxylation is 1. The maximum absolute atomic E-state index is 12.9. The molecule has 0 aliphatic carbocycles. The van der Waals surface area contributed by atoms with E-state index in [1.165, 1.54) is 24.3 Å². The zero-order valence-corrected chi connectivity index (χ0v) is 21.2. The first kappa shape index (κ1) is 27.1. The van der Waals surface area contributed by atoms with Crippen LogP contribution in [0.15, 0.2) is 45.3 Å². The Bertz CT molecular complexity index is 1110. The van der Waals surface area contributed by atoms with E-state index in [9.17, 15) is 19.5 Å². The fourth-order valence-corrected chi connectivity index (χ4v) is 4.25. The first-order chi connectivity index (χ1) is 16.1. The highest BCUT2D eigenvalue weighted by Gasteiger charge is 2.22. The van der Waals surface area contributed by atoms with Gasteiger partial charge in [0.1, 0.15) is 17.1 Å². The molecule has 184 valence electrons. The lowest BCUT2D eigenvalue weighted by Crippen LogP contribution is -2.16. The number of hydrogen-bond acceptors (Lipinski definition) is 7. The second-order valence-corrected chi connectivity index (χ2v) is 9.81. The van der Waals surface area contributed by atoms with Crippen LogP contribution in [-0.2, 0) is 11.2 Å². The van der Waals surface area contributed by atoms with Crippen LogP contribution in [0.3, 0.4) is 0 Å². The molecule has 0 saturated heterocycles. The number of amides is 1. The lowest BCUT2D eigenvalue weighted by Gasteiger charge is -2.11. The minimum atomic E-state index is -0.855. The van der Waals surface area contributed by atoms with Gasteiger partial charge in [0.2, 0.25) is 0 Å². The summed E-state index contributed by atoms with van der Waals surface area (Å²) in [5.41, 5.74) is -0.862. The van der Waals surface area contributed by atoms with Gasteiger partial charge in [-0.15, -0.1) is 11.3 Å². The zero-order valence-electron chi connectivity index (χ0n) is 20.3. The normalized spacial score (nSPS) is 12.8. The van der Waals surface area contributed by atoms with Crippen LogP contribution in [0, 0.1) is 5.92 Å². The lowest BCUT2D eigenvalue weighted by atomic mass is 10.00. The summed E-state index contributed by atoms with van der Waals surface area (Å²) in [4.78, 5) is 38.6. The van der Waals surface area contributed by atoms with Crippen LogP contribution < -0.4 is 10.9 Å². The van der Waals surface area contributed by atoms with E-state index in [4.69, 9.17) is 4.42 Å². The Labute approximate surface area is 204 Å². The van der Waals surface area contributed by atoms with Crippen molar-refractivity contribution >= 4 is 29.3 Å². The summed E-state index contributed by atoms with van der Waals surface area (Å²) in [6, 6.07) is 5.34. The molecule has 7 nitrogen and oxygen atoms in total. The molecule has 0 spiro atoms. The van der Waals surface area contributed by atoms with Crippen molar-refractivity contribution in [3.63, 3.8) is 0 Å². The van der Waals surface area contributed by atoms with E-state index in [0.717, 1.165) is 17.7 Å². The number of methoxy groups -OCH3 is 1.